The maximum Gasteiger partial charge on any atom is 0.261 e. The molecule has 0 spiro atoms. The van der Waals surface area contributed by atoms with Gasteiger partial charge in [0.1, 0.15) is 17.1 Å². The first kappa shape index (κ1) is 19.7. The van der Waals surface area contributed by atoms with Crippen LogP contribution in [-0.4, -0.2) is 30.3 Å². The van der Waals surface area contributed by atoms with Gasteiger partial charge in [0.2, 0.25) is 0 Å². The van der Waals surface area contributed by atoms with E-state index in [2.05, 4.69) is 26.1 Å². The molecule has 138 valence electrons. The average Bonchev–Trinajstić information content (AvgIpc) is 2.53. The summed E-state index contributed by atoms with van der Waals surface area (Å²) in [5, 5.41) is 4.13. The third-order valence-electron chi connectivity index (χ3n) is 4.00. The molecule has 2 rings (SSSR count). The molecule has 1 N–H and O–H groups in total. The molecule has 1 heterocycles. The molecule has 6 heteroatoms. The van der Waals surface area contributed by atoms with Gasteiger partial charge in [-0.25, -0.2) is 4.98 Å². The number of unbranched alkanes of at least 4 members (excludes halogenated alkanes) is 1. The Morgan fingerprint density at radius 2 is 2.00 bits per heavy atom. The van der Waals surface area contributed by atoms with Gasteiger partial charge in [0.25, 0.3) is 5.56 Å². The summed E-state index contributed by atoms with van der Waals surface area (Å²) >= 11 is 6.16. The lowest BCUT2D eigenvalue weighted by molar-refractivity contribution is 0.330. The van der Waals surface area contributed by atoms with Crippen LogP contribution in [0, 0.1) is 5.41 Å². The van der Waals surface area contributed by atoms with Crippen LogP contribution in [0.4, 0.5) is 0 Å². The van der Waals surface area contributed by atoms with Gasteiger partial charge in [0.05, 0.1) is 12.5 Å². The van der Waals surface area contributed by atoms with Crippen LogP contribution in [-0.2, 0) is 13.0 Å². The van der Waals surface area contributed by atoms with Crippen molar-refractivity contribution in [2.24, 2.45) is 5.41 Å². The van der Waals surface area contributed by atoms with Crippen molar-refractivity contribution in [3.8, 4) is 5.75 Å². The van der Waals surface area contributed by atoms with Gasteiger partial charge in [0.15, 0.2) is 0 Å². The normalized spacial score (nSPS) is 11.9. The topological polar surface area (TPSA) is 56.2 Å². The van der Waals surface area contributed by atoms with E-state index in [4.69, 9.17) is 21.3 Å². The number of aromatic nitrogens is 2. The molecule has 0 saturated carbocycles. The van der Waals surface area contributed by atoms with Crippen LogP contribution in [0.2, 0.25) is 5.02 Å². The van der Waals surface area contributed by atoms with Crippen molar-refractivity contribution in [3.63, 3.8) is 0 Å². The van der Waals surface area contributed by atoms with Crippen LogP contribution in [0.25, 0.3) is 10.9 Å². The molecule has 0 saturated heterocycles. The third kappa shape index (κ3) is 4.95. The summed E-state index contributed by atoms with van der Waals surface area (Å²) in [5.74, 6) is 1.35. The number of ether oxygens (including phenoxy) is 1. The Morgan fingerprint density at radius 3 is 2.60 bits per heavy atom. The molecule has 0 atom stereocenters. The van der Waals surface area contributed by atoms with Crippen molar-refractivity contribution < 1.29 is 4.74 Å². The van der Waals surface area contributed by atoms with E-state index >= 15 is 0 Å². The van der Waals surface area contributed by atoms with Gasteiger partial charge >= 0.3 is 0 Å². The van der Waals surface area contributed by atoms with Crippen molar-refractivity contribution in [3.05, 3.63) is 33.3 Å². The highest BCUT2D eigenvalue weighted by Crippen LogP contribution is 2.27. The number of nitrogens with zero attached hydrogens (tertiary/aromatic N) is 2. The minimum absolute atomic E-state index is 0.0262. The monoisotopic (exact) mass is 365 g/mol. The predicted octanol–water partition coefficient (Wildman–Crippen LogP) is 3.65. The highest BCUT2D eigenvalue weighted by atomic mass is 35.5. The van der Waals surface area contributed by atoms with Gasteiger partial charge in [0, 0.05) is 24.1 Å². The van der Waals surface area contributed by atoms with Crippen molar-refractivity contribution in [1.29, 1.82) is 0 Å². The second-order valence-electron chi connectivity index (χ2n) is 7.54. The number of nitrogens with one attached hydrogen (secondary N) is 1. The number of rotatable bonds is 7. The average molecular weight is 366 g/mol. The van der Waals surface area contributed by atoms with Crippen molar-refractivity contribution in [2.45, 2.75) is 46.6 Å². The summed E-state index contributed by atoms with van der Waals surface area (Å²) < 4.78 is 7.20. The smallest absolute Gasteiger partial charge is 0.261 e. The van der Waals surface area contributed by atoms with E-state index in [9.17, 15) is 4.79 Å². The summed E-state index contributed by atoms with van der Waals surface area (Å²) in [6, 6.07) is 3.38. The van der Waals surface area contributed by atoms with Crippen LogP contribution in [0.5, 0.6) is 5.75 Å². The SMILES string of the molecule is CNCCCCc1nc2c(OC)cc(Cl)cc2c(=O)n1CC(C)(C)C. The van der Waals surface area contributed by atoms with Crippen molar-refractivity contribution in [2.75, 3.05) is 20.7 Å². The molecule has 1 aromatic carbocycles. The van der Waals surface area contributed by atoms with Gasteiger partial charge < -0.3 is 10.1 Å². The number of halogens is 1. The summed E-state index contributed by atoms with van der Waals surface area (Å²) in [6.07, 6.45) is 2.77. The van der Waals surface area contributed by atoms with E-state index in [1.807, 2.05) is 7.05 Å². The molecule has 0 aliphatic rings. The van der Waals surface area contributed by atoms with E-state index < -0.39 is 0 Å². The lowest BCUT2D eigenvalue weighted by atomic mass is 9.96. The molecule has 0 fully saturated rings. The standard InChI is InChI=1S/C19H28ClN3O2/c1-19(2,3)12-23-16(8-6-7-9-21-4)22-17-14(18(23)24)10-13(20)11-15(17)25-5/h10-11,21H,6-9,12H2,1-5H3. The molecule has 25 heavy (non-hydrogen) atoms. The third-order valence-corrected chi connectivity index (χ3v) is 4.22. The zero-order valence-electron chi connectivity index (χ0n) is 15.8. The van der Waals surface area contributed by atoms with Gasteiger partial charge in [-0.3, -0.25) is 9.36 Å². The maximum absolute atomic E-state index is 13.1. The Labute approximate surface area is 154 Å². The molecule has 0 aliphatic heterocycles. The van der Waals surface area contributed by atoms with E-state index in [1.54, 1.807) is 23.8 Å². The Bertz CT molecular complexity index is 794. The molecule has 0 unspecified atom stereocenters. The number of hydrogen-bond donors (Lipinski definition) is 1. The molecule has 0 aliphatic carbocycles. The molecule has 2 aromatic rings. The Morgan fingerprint density at radius 1 is 1.28 bits per heavy atom. The van der Waals surface area contributed by atoms with Crippen LogP contribution in [0.15, 0.2) is 16.9 Å². The minimum Gasteiger partial charge on any atom is -0.494 e. The summed E-state index contributed by atoms with van der Waals surface area (Å²) in [4.78, 5) is 17.9. The number of aryl methyl sites for hydroxylation is 1. The van der Waals surface area contributed by atoms with Crippen molar-refractivity contribution in [1.82, 2.24) is 14.9 Å². The fraction of sp³-hybridized carbons (Fsp3) is 0.579. The fourth-order valence-electron chi connectivity index (χ4n) is 2.87. The molecule has 5 nitrogen and oxygen atoms in total. The highest BCUT2D eigenvalue weighted by Gasteiger charge is 2.19. The summed E-state index contributed by atoms with van der Waals surface area (Å²) in [6.45, 7) is 7.92. The molecule has 0 radical (unpaired) electrons. The van der Waals surface area contributed by atoms with E-state index in [0.29, 0.717) is 28.2 Å². The van der Waals surface area contributed by atoms with E-state index in [1.165, 1.54) is 0 Å². The van der Waals surface area contributed by atoms with E-state index in [-0.39, 0.29) is 11.0 Å². The van der Waals surface area contributed by atoms with Crippen LogP contribution < -0.4 is 15.6 Å². The minimum atomic E-state index is -0.0515. The van der Waals surface area contributed by atoms with Crippen LogP contribution in [0.1, 0.15) is 39.4 Å². The Kier molecular flexibility index (Phi) is 6.47. The van der Waals surface area contributed by atoms with Gasteiger partial charge in [-0.15, -0.1) is 0 Å². The first-order valence-electron chi connectivity index (χ1n) is 8.68. The van der Waals surface area contributed by atoms with Gasteiger partial charge in [-0.2, -0.15) is 0 Å². The molecular formula is C19H28ClN3O2. The Hall–Kier alpha value is -1.59. The first-order chi connectivity index (χ1) is 11.8. The first-order valence-corrected chi connectivity index (χ1v) is 9.06. The zero-order chi connectivity index (χ0) is 18.6. The predicted molar refractivity (Wildman–Crippen MR) is 104 cm³/mol. The molecule has 0 bridgehead atoms. The molecular weight excluding hydrogens is 338 g/mol. The van der Waals surface area contributed by atoms with Gasteiger partial charge in [-0.1, -0.05) is 32.4 Å². The number of hydrogen-bond acceptors (Lipinski definition) is 4. The largest absolute Gasteiger partial charge is 0.494 e. The summed E-state index contributed by atoms with van der Waals surface area (Å²) in [5.41, 5.74) is 0.511. The second-order valence-corrected chi connectivity index (χ2v) is 7.98. The van der Waals surface area contributed by atoms with Gasteiger partial charge in [-0.05, 0) is 37.9 Å². The molecule has 0 amide bonds. The Balaban J connectivity index is 2.59. The lowest BCUT2D eigenvalue weighted by Crippen LogP contribution is -2.31. The number of fused-ring (bicyclic) bond motifs is 1. The fourth-order valence-corrected chi connectivity index (χ4v) is 3.08. The van der Waals surface area contributed by atoms with Crippen molar-refractivity contribution >= 4 is 22.5 Å². The van der Waals surface area contributed by atoms with Crippen LogP contribution in [0.3, 0.4) is 0 Å². The van der Waals surface area contributed by atoms with Crippen LogP contribution >= 0.6 is 11.6 Å². The molecule has 1 aromatic heterocycles. The second kappa shape index (κ2) is 8.19. The maximum atomic E-state index is 13.1. The quantitative estimate of drug-likeness (QED) is 0.761. The highest BCUT2D eigenvalue weighted by molar-refractivity contribution is 6.31. The zero-order valence-corrected chi connectivity index (χ0v) is 16.5. The number of benzene rings is 1. The van der Waals surface area contributed by atoms with E-state index in [0.717, 1.165) is 31.6 Å². The lowest BCUT2D eigenvalue weighted by Gasteiger charge is -2.23. The summed E-state index contributed by atoms with van der Waals surface area (Å²) in [7, 11) is 3.51. The number of methoxy groups -OCH3 is 1.